The van der Waals surface area contributed by atoms with E-state index < -0.39 is 52.6 Å². The van der Waals surface area contributed by atoms with Crippen LogP contribution in [0.4, 0.5) is 0 Å². The molecule has 3 aromatic rings. The van der Waals surface area contributed by atoms with Crippen molar-refractivity contribution in [2.45, 2.75) is 60.5 Å². The molecule has 0 fully saturated rings. The van der Waals surface area contributed by atoms with Gasteiger partial charge >= 0.3 is 17.9 Å². The molecule has 7 heteroatoms. The van der Waals surface area contributed by atoms with Crippen LogP contribution < -0.4 is 14.2 Å². The summed E-state index contributed by atoms with van der Waals surface area (Å²) in [6.07, 6.45) is 3.09. The van der Waals surface area contributed by atoms with Crippen LogP contribution in [-0.4, -0.2) is 29.1 Å². The van der Waals surface area contributed by atoms with Gasteiger partial charge in [-0.2, -0.15) is 0 Å². The summed E-state index contributed by atoms with van der Waals surface area (Å²) >= 11 is 0. The van der Waals surface area contributed by atoms with Crippen molar-refractivity contribution in [3.8, 4) is 17.2 Å². The maximum Gasteiger partial charge on any atom is 0.326 e. The molecule has 0 spiro atoms. The van der Waals surface area contributed by atoms with Crippen molar-refractivity contribution in [3.63, 3.8) is 0 Å². The van der Waals surface area contributed by atoms with Crippen molar-refractivity contribution in [2.24, 2.45) is 22.7 Å². The minimum absolute atomic E-state index is 0.292. The third-order valence-electron chi connectivity index (χ3n) is 7.80. The van der Waals surface area contributed by atoms with Crippen LogP contribution in [-0.2, 0) is 14.4 Å². The van der Waals surface area contributed by atoms with E-state index in [9.17, 15) is 19.5 Å². The van der Waals surface area contributed by atoms with E-state index >= 15 is 0 Å². The number of ether oxygens (including phenoxy) is 3. The number of allylic oxidation sites excluding steroid dienone is 2. The predicted molar refractivity (Wildman–Crippen MR) is 173 cm³/mol. The topological polar surface area (TPSA) is 99.1 Å². The lowest BCUT2D eigenvalue weighted by molar-refractivity contribution is -0.152. The van der Waals surface area contributed by atoms with Gasteiger partial charge in [-0.05, 0) is 63.9 Å². The van der Waals surface area contributed by atoms with Crippen LogP contribution >= 0.6 is 0 Å². The Labute approximate surface area is 265 Å². The second kappa shape index (κ2) is 13.7. The van der Waals surface area contributed by atoms with E-state index in [4.69, 9.17) is 14.2 Å². The normalized spacial score (nSPS) is 17.5. The summed E-state index contributed by atoms with van der Waals surface area (Å²) in [5.74, 6) is -3.86. The second-order valence-corrected chi connectivity index (χ2v) is 13.4. The molecule has 3 aromatic carbocycles. The fraction of sp³-hybridized carbons (Fsp3) is 0.342. The Balaban J connectivity index is 1.93. The van der Waals surface area contributed by atoms with Crippen LogP contribution in [0.2, 0.25) is 0 Å². The molecule has 0 saturated heterocycles. The number of carbonyl (C=O) groups is 3. The predicted octanol–water partition coefficient (Wildman–Crippen LogP) is 7.46. The van der Waals surface area contributed by atoms with Crippen molar-refractivity contribution in [3.05, 3.63) is 114 Å². The highest BCUT2D eigenvalue weighted by Crippen LogP contribution is 2.47. The molecule has 1 N–H and O–H groups in total. The summed E-state index contributed by atoms with van der Waals surface area (Å²) in [7, 11) is 0. The van der Waals surface area contributed by atoms with E-state index in [0.717, 1.165) is 11.1 Å². The first-order valence-electron chi connectivity index (χ1n) is 15.1. The number of esters is 3. The standard InChI is InChI=1S/C38H42O7/c1-24(39)43-29-20-18-25(19-21-29)32(26-22-30(37(2,3)4)34(40)31(23-26)38(5,6)7)33(35(41)44-27-14-10-8-11-15-27)36(42)45-28-16-12-9-13-17-28/h8-23,26,32-34,40H,1-7H3/t26?,32-,34?/m1/s1. The van der Waals surface area contributed by atoms with Crippen LogP contribution in [0.1, 0.15) is 59.9 Å². The third kappa shape index (κ3) is 8.37. The Morgan fingerprint density at radius 2 is 1.02 bits per heavy atom. The molecule has 0 radical (unpaired) electrons. The van der Waals surface area contributed by atoms with Gasteiger partial charge in [0, 0.05) is 18.8 Å². The number of hydrogen-bond donors (Lipinski definition) is 1. The molecule has 0 amide bonds. The van der Waals surface area contributed by atoms with Gasteiger partial charge in [-0.1, -0.05) is 102 Å². The molecule has 0 aliphatic heterocycles. The maximum absolute atomic E-state index is 14.2. The quantitative estimate of drug-likeness (QED) is 0.122. The highest BCUT2D eigenvalue weighted by molar-refractivity contribution is 5.98. The molecule has 0 aromatic heterocycles. The lowest BCUT2D eigenvalue weighted by atomic mass is 9.65. The van der Waals surface area contributed by atoms with Crippen molar-refractivity contribution in [1.29, 1.82) is 0 Å². The zero-order valence-electron chi connectivity index (χ0n) is 26.9. The summed E-state index contributed by atoms with van der Waals surface area (Å²) in [4.78, 5) is 39.9. The zero-order chi connectivity index (χ0) is 32.9. The number of rotatable bonds is 8. The molecule has 4 rings (SSSR count). The van der Waals surface area contributed by atoms with Gasteiger partial charge < -0.3 is 19.3 Å². The van der Waals surface area contributed by atoms with Crippen molar-refractivity contribution in [2.75, 3.05) is 0 Å². The number of aliphatic hydroxyl groups excluding tert-OH is 1. The molecule has 0 bridgehead atoms. The van der Waals surface area contributed by atoms with Gasteiger partial charge in [0.2, 0.25) is 0 Å². The summed E-state index contributed by atoms with van der Waals surface area (Å²) in [6.45, 7) is 13.5. The van der Waals surface area contributed by atoms with E-state index in [1.807, 2.05) is 53.7 Å². The van der Waals surface area contributed by atoms with E-state index in [1.54, 1.807) is 84.9 Å². The van der Waals surface area contributed by atoms with E-state index in [2.05, 4.69) is 0 Å². The average molecular weight is 611 g/mol. The molecule has 0 unspecified atom stereocenters. The van der Waals surface area contributed by atoms with Crippen LogP contribution in [0.25, 0.3) is 0 Å². The Morgan fingerprint density at radius 3 is 1.40 bits per heavy atom. The zero-order valence-corrected chi connectivity index (χ0v) is 26.9. The molecule has 7 nitrogen and oxygen atoms in total. The van der Waals surface area contributed by atoms with Crippen molar-refractivity contribution < 1.29 is 33.7 Å². The summed E-state index contributed by atoms with van der Waals surface area (Å²) in [5.41, 5.74) is 1.36. The molecule has 1 aliphatic rings. The molecule has 0 heterocycles. The first-order chi connectivity index (χ1) is 21.1. The first-order valence-corrected chi connectivity index (χ1v) is 15.1. The monoisotopic (exact) mass is 610 g/mol. The SMILES string of the molecule is CC(=O)Oc1ccc([C@H](C2C=C(C(C)(C)C)C(O)C(C(C)(C)C)=C2)C(C(=O)Oc2ccccc2)C(=O)Oc2ccccc2)cc1. The maximum atomic E-state index is 14.2. The molecule has 236 valence electrons. The van der Waals surface area contributed by atoms with E-state index in [0.29, 0.717) is 22.8 Å². The number of carbonyl (C=O) groups excluding carboxylic acids is 3. The minimum atomic E-state index is -1.42. The molecule has 45 heavy (non-hydrogen) atoms. The highest BCUT2D eigenvalue weighted by Gasteiger charge is 2.45. The molecule has 1 atom stereocenters. The minimum Gasteiger partial charge on any atom is -0.427 e. The van der Waals surface area contributed by atoms with Crippen LogP contribution in [0.5, 0.6) is 17.2 Å². The van der Waals surface area contributed by atoms with Gasteiger partial charge in [0.25, 0.3) is 0 Å². The van der Waals surface area contributed by atoms with Gasteiger partial charge in [-0.25, -0.2) is 0 Å². The Morgan fingerprint density at radius 1 is 0.622 bits per heavy atom. The van der Waals surface area contributed by atoms with Crippen LogP contribution in [0, 0.1) is 22.7 Å². The van der Waals surface area contributed by atoms with Gasteiger partial charge in [-0.3, -0.25) is 14.4 Å². The Hall–Kier alpha value is -4.49. The first kappa shape index (κ1) is 33.4. The largest absolute Gasteiger partial charge is 0.427 e. The van der Waals surface area contributed by atoms with Crippen LogP contribution in [0.3, 0.4) is 0 Å². The molecule has 1 aliphatic carbocycles. The second-order valence-electron chi connectivity index (χ2n) is 13.4. The Kier molecular flexibility index (Phi) is 10.1. The van der Waals surface area contributed by atoms with Crippen LogP contribution in [0.15, 0.2) is 108 Å². The highest BCUT2D eigenvalue weighted by atomic mass is 16.6. The fourth-order valence-corrected chi connectivity index (χ4v) is 5.63. The lowest BCUT2D eigenvalue weighted by Crippen LogP contribution is -2.41. The van der Waals surface area contributed by atoms with Gasteiger partial charge in [0.15, 0.2) is 5.92 Å². The molecule has 0 saturated carbocycles. The number of benzene rings is 3. The molecular formula is C38H42O7. The van der Waals surface area contributed by atoms with E-state index in [-0.39, 0.29) is 0 Å². The van der Waals surface area contributed by atoms with Crippen molar-refractivity contribution in [1.82, 2.24) is 0 Å². The lowest BCUT2D eigenvalue weighted by Gasteiger charge is -2.41. The van der Waals surface area contributed by atoms with E-state index in [1.165, 1.54) is 6.92 Å². The third-order valence-corrected chi connectivity index (χ3v) is 7.80. The smallest absolute Gasteiger partial charge is 0.326 e. The summed E-state index contributed by atoms with van der Waals surface area (Å²) in [5, 5.41) is 11.6. The Bertz CT molecular complexity index is 1470. The molecular weight excluding hydrogens is 568 g/mol. The number of aliphatic hydroxyl groups is 1. The average Bonchev–Trinajstić information content (AvgIpc) is 2.96. The number of para-hydroxylation sites is 2. The summed E-state index contributed by atoms with van der Waals surface area (Å²) in [6, 6.07) is 23.9. The number of hydrogen-bond acceptors (Lipinski definition) is 7. The van der Waals surface area contributed by atoms with Gasteiger partial charge in [0.1, 0.15) is 17.2 Å². The van der Waals surface area contributed by atoms with Gasteiger partial charge in [-0.15, -0.1) is 0 Å². The van der Waals surface area contributed by atoms with Gasteiger partial charge in [0.05, 0.1) is 6.10 Å². The van der Waals surface area contributed by atoms with Crippen molar-refractivity contribution >= 4 is 17.9 Å². The summed E-state index contributed by atoms with van der Waals surface area (Å²) < 4.78 is 16.9. The fourth-order valence-electron chi connectivity index (χ4n) is 5.63.